The largest absolute Gasteiger partial charge is 0.545 e. The van der Waals surface area contributed by atoms with E-state index in [9.17, 15) is 19.5 Å². The molecule has 9 heteroatoms. The number of aliphatic carboxylic acids is 1. The molecule has 0 aliphatic rings. The molecule has 0 aromatic carbocycles. The monoisotopic (exact) mass is 1250 g/mol. The van der Waals surface area contributed by atoms with Crippen molar-refractivity contribution in [2.75, 3.05) is 47.5 Å². The molecule has 0 saturated carbocycles. The van der Waals surface area contributed by atoms with Crippen molar-refractivity contribution in [3.8, 4) is 0 Å². The Kier molecular flexibility index (Phi) is 67.6. The number of allylic oxidation sites excluding steroid dienone is 14. The van der Waals surface area contributed by atoms with Gasteiger partial charge in [-0.15, -0.1) is 0 Å². The van der Waals surface area contributed by atoms with Gasteiger partial charge in [0.2, 0.25) is 0 Å². The first-order valence-electron chi connectivity index (χ1n) is 37.7. The summed E-state index contributed by atoms with van der Waals surface area (Å²) in [5.41, 5.74) is 0. The van der Waals surface area contributed by atoms with Gasteiger partial charge >= 0.3 is 11.9 Å². The van der Waals surface area contributed by atoms with E-state index in [1.807, 2.05) is 21.1 Å². The lowest BCUT2D eigenvalue weighted by Crippen LogP contribution is -2.44. The number of unbranched alkanes of at least 4 members (excludes halogenated alkanes) is 41. The van der Waals surface area contributed by atoms with Crippen LogP contribution in [0.3, 0.4) is 0 Å². The lowest BCUT2D eigenvalue weighted by molar-refractivity contribution is -0.870. The number of hydrogen-bond donors (Lipinski definition) is 0. The third-order valence-electron chi connectivity index (χ3n) is 16.6. The Morgan fingerprint density at radius 3 is 0.966 bits per heavy atom. The van der Waals surface area contributed by atoms with Gasteiger partial charge in [0.1, 0.15) is 13.2 Å². The summed E-state index contributed by atoms with van der Waals surface area (Å²) in [5, 5.41) is 11.8. The van der Waals surface area contributed by atoms with Crippen molar-refractivity contribution in [3.63, 3.8) is 0 Å². The van der Waals surface area contributed by atoms with Crippen LogP contribution in [0.1, 0.15) is 348 Å². The van der Waals surface area contributed by atoms with Crippen LogP contribution in [0.4, 0.5) is 0 Å². The predicted octanol–water partition coefficient (Wildman–Crippen LogP) is 22.5. The van der Waals surface area contributed by atoms with Crippen LogP contribution in [0.15, 0.2) is 85.1 Å². The van der Waals surface area contributed by atoms with Gasteiger partial charge in [-0.25, -0.2) is 0 Å². The van der Waals surface area contributed by atoms with E-state index >= 15 is 0 Å². The number of carbonyl (C=O) groups is 3. The molecule has 2 atom stereocenters. The van der Waals surface area contributed by atoms with Crippen LogP contribution in [0, 0.1) is 0 Å². The molecule has 0 aliphatic heterocycles. The first-order valence-corrected chi connectivity index (χ1v) is 37.7. The average molecular weight is 1250 g/mol. The number of nitrogens with zero attached hydrogens (tertiary/aromatic N) is 1. The van der Waals surface area contributed by atoms with E-state index in [1.54, 1.807) is 0 Å². The molecular formula is C80H143NO8. The minimum atomic E-state index is -1.63. The van der Waals surface area contributed by atoms with Crippen LogP contribution in [-0.4, -0.2) is 82.3 Å². The van der Waals surface area contributed by atoms with Crippen LogP contribution in [0.2, 0.25) is 0 Å². The van der Waals surface area contributed by atoms with Crippen molar-refractivity contribution in [2.24, 2.45) is 0 Å². The number of ether oxygens (including phenoxy) is 4. The summed E-state index contributed by atoms with van der Waals surface area (Å²) in [6.07, 6.45) is 92.6. The van der Waals surface area contributed by atoms with Crippen molar-refractivity contribution < 1.29 is 42.9 Å². The van der Waals surface area contributed by atoms with Gasteiger partial charge < -0.3 is 33.3 Å². The second kappa shape index (κ2) is 70.3. The zero-order valence-corrected chi connectivity index (χ0v) is 59.0. The number of carboxylic acids is 1. The number of quaternary nitrogens is 1. The highest BCUT2D eigenvalue weighted by Gasteiger charge is 2.22. The maximum atomic E-state index is 12.9. The Morgan fingerprint density at radius 2 is 0.640 bits per heavy atom. The zero-order valence-electron chi connectivity index (χ0n) is 59.0. The minimum Gasteiger partial charge on any atom is -0.545 e. The second-order valence-electron chi connectivity index (χ2n) is 26.6. The Hall–Kier alpha value is -3.53. The summed E-state index contributed by atoms with van der Waals surface area (Å²) >= 11 is 0. The molecule has 0 aromatic heterocycles. The number of esters is 2. The third-order valence-corrected chi connectivity index (χ3v) is 16.6. The van der Waals surface area contributed by atoms with Crippen LogP contribution >= 0.6 is 0 Å². The van der Waals surface area contributed by atoms with Crippen LogP contribution in [-0.2, 0) is 33.3 Å². The maximum absolute atomic E-state index is 12.9. The van der Waals surface area contributed by atoms with Crippen LogP contribution < -0.4 is 5.11 Å². The SMILES string of the molecule is CC/C=C\C/C=C\C/C=C\C/C=C\C/C=C\C/C=C\CCCCCCCCCCCCC(=O)OC(COC(=O)CCCCCCCCCCCCCCCCCCCCCCCCC/C=C\CCCCCCCCCC)COC(OCC[N+](C)(C)C)C(=O)[O-]. The quantitative estimate of drug-likeness (QED) is 0.0195. The van der Waals surface area contributed by atoms with Crippen LogP contribution in [0.25, 0.3) is 0 Å². The van der Waals surface area contributed by atoms with E-state index in [4.69, 9.17) is 18.9 Å². The molecule has 0 amide bonds. The molecule has 2 unspecified atom stereocenters. The first kappa shape index (κ1) is 85.5. The van der Waals surface area contributed by atoms with Crippen molar-refractivity contribution >= 4 is 17.9 Å². The van der Waals surface area contributed by atoms with Crippen molar-refractivity contribution in [3.05, 3.63) is 85.1 Å². The van der Waals surface area contributed by atoms with Gasteiger partial charge in [-0.3, -0.25) is 9.59 Å². The highest BCUT2D eigenvalue weighted by Crippen LogP contribution is 2.18. The van der Waals surface area contributed by atoms with E-state index in [-0.39, 0.29) is 32.2 Å². The Balaban J connectivity index is 4.05. The van der Waals surface area contributed by atoms with Crippen molar-refractivity contribution in [2.45, 2.75) is 360 Å². The zero-order chi connectivity index (χ0) is 64.7. The van der Waals surface area contributed by atoms with Gasteiger partial charge in [0.15, 0.2) is 12.4 Å². The van der Waals surface area contributed by atoms with E-state index in [0.29, 0.717) is 23.9 Å². The molecular weight excluding hydrogens is 1100 g/mol. The molecule has 0 bridgehead atoms. The number of hydrogen-bond acceptors (Lipinski definition) is 8. The number of carboxylic acid groups (broad SMARTS) is 1. The topological polar surface area (TPSA) is 111 Å². The molecule has 0 saturated heterocycles. The van der Waals surface area contributed by atoms with Crippen molar-refractivity contribution in [1.29, 1.82) is 0 Å². The maximum Gasteiger partial charge on any atom is 0.306 e. The molecule has 0 aliphatic carbocycles. The van der Waals surface area contributed by atoms with Gasteiger partial charge in [-0.2, -0.15) is 0 Å². The molecule has 0 fully saturated rings. The highest BCUT2D eigenvalue weighted by atomic mass is 16.7. The Bertz CT molecular complexity index is 1740. The van der Waals surface area contributed by atoms with Gasteiger partial charge in [0.05, 0.1) is 40.3 Å². The molecule has 0 rings (SSSR count). The minimum absolute atomic E-state index is 0.145. The second-order valence-corrected chi connectivity index (χ2v) is 26.6. The van der Waals surface area contributed by atoms with Gasteiger partial charge in [0, 0.05) is 12.8 Å². The summed E-state index contributed by atoms with van der Waals surface area (Å²) < 4.78 is 22.8. The summed E-state index contributed by atoms with van der Waals surface area (Å²) in [6.45, 7) is 4.67. The Labute approximate surface area is 550 Å². The lowest BCUT2D eigenvalue weighted by Gasteiger charge is -2.26. The summed E-state index contributed by atoms with van der Waals surface area (Å²) in [4.78, 5) is 37.6. The number of rotatable bonds is 70. The average Bonchev–Trinajstić information content (AvgIpc) is 3.71. The fourth-order valence-electron chi connectivity index (χ4n) is 10.9. The van der Waals surface area contributed by atoms with E-state index in [1.165, 1.54) is 231 Å². The molecule has 89 heavy (non-hydrogen) atoms. The fraction of sp³-hybridized carbons (Fsp3) is 0.787. The third kappa shape index (κ3) is 71.8. The molecule has 0 spiro atoms. The predicted molar refractivity (Wildman–Crippen MR) is 380 cm³/mol. The molecule has 0 heterocycles. The highest BCUT2D eigenvalue weighted by molar-refractivity contribution is 5.70. The summed E-state index contributed by atoms with van der Waals surface area (Å²) in [6, 6.07) is 0. The Morgan fingerprint density at radius 1 is 0.348 bits per heavy atom. The molecule has 0 N–H and O–H groups in total. The fourth-order valence-corrected chi connectivity index (χ4v) is 10.9. The molecule has 9 nitrogen and oxygen atoms in total. The molecule has 0 radical (unpaired) electrons. The van der Waals surface area contributed by atoms with Crippen LogP contribution in [0.5, 0.6) is 0 Å². The van der Waals surface area contributed by atoms with Gasteiger partial charge in [-0.05, 0) is 89.9 Å². The van der Waals surface area contributed by atoms with Gasteiger partial charge in [-0.1, -0.05) is 330 Å². The summed E-state index contributed by atoms with van der Waals surface area (Å²) in [7, 11) is 5.94. The van der Waals surface area contributed by atoms with Gasteiger partial charge in [0.25, 0.3) is 0 Å². The van der Waals surface area contributed by atoms with Crippen molar-refractivity contribution in [1.82, 2.24) is 0 Å². The standard InChI is InChI=1S/C80H143NO8/c1-6-8-10-12-14-16-18-20-22-24-26-28-30-32-34-36-37-38-39-40-41-43-44-46-48-50-52-54-56-58-60-62-64-66-68-70-77(82)87-74-76(75-88-80(79(84)85)86-73-72-81(3,4)5)89-78(83)71-69-67-65-63-61-59-57-55-53-51-49-47-45-42-35-33-31-29-27-25-23-21-19-17-15-13-11-9-7-2/h9,11,15,17,21,23-24,26-27,29,33,35,45,47,76,80H,6-8,10,12-14,16,18-20,22,25,28,30-32,34,36-44,46,48-75H2,1-5H3/b11-9-,17-15-,23-21-,26-24-,29-27-,35-33-,47-45-. The molecule has 516 valence electrons. The summed E-state index contributed by atoms with van der Waals surface area (Å²) in [5.74, 6) is -2.27. The van der Waals surface area contributed by atoms with E-state index in [0.717, 1.165) is 83.5 Å². The lowest BCUT2D eigenvalue weighted by atomic mass is 10.0. The first-order chi connectivity index (χ1) is 43.6. The van der Waals surface area contributed by atoms with E-state index < -0.39 is 24.3 Å². The smallest absolute Gasteiger partial charge is 0.306 e. The van der Waals surface area contributed by atoms with E-state index in [2.05, 4.69) is 98.9 Å². The number of carbonyl (C=O) groups excluding carboxylic acids is 3. The normalized spacial score (nSPS) is 13.1. The molecule has 0 aromatic rings. The number of likely N-dealkylation sites (N-methyl/N-ethyl adjacent to an activating group) is 1.